The predicted octanol–water partition coefficient (Wildman–Crippen LogP) is 5.02. The largest absolute Gasteiger partial charge is 0.508 e. The van der Waals surface area contributed by atoms with Crippen LogP contribution in [0.3, 0.4) is 0 Å². The summed E-state index contributed by atoms with van der Waals surface area (Å²) in [6, 6.07) is 3.65. The summed E-state index contributed by atoms with van der Waals surface area (Å²) in [7, 11) is 0. The van der Waals surface area contributed by atoms with E-state index >= 15 is 0 Å². The number of unbranched alkanes of at least 4 members (excludes halogenated alkanes) is 3. The summed E-state index contributed by atoms with van der Waals surface area (Å²) in [6.07, 6.45) is 2.84. The van der Waals surface area contributed by atoms with Crippen molar-refractivity contribution in [2.24, 2.45) is 5.73 Å². The van der Waals surface area contributed by atoms with E-state index in [1.165, 1.54) is 12.1 Å². The summed E-state index contributed by atoms with van der Waals surface area (Å²) in [6.45, 7) is 9.33. The van der Waals surface area contributed by atoms with Crippen LogP contribution in [0.1, 0.15) is 91.5 Å². The van der Waals surface area contributed by atoms with E-state index in [1.807, 2.05) is 20.8 Å². The number of carbonyl (C=O) groups is 4. The van der Waals surface area contributed by atoms with Gasteiger partial charge in [0.25, 0.3) is 0 Å². The molecule has 0 aliphatic rings. The van der Waals surface area contributed by atoms with E-state index in [-0.39, 0.29) is 37.4 Å². The quantitative estimate of drug-likeness (QED) is 0.164. The SMILES string of the molecule is CCCCOC(=O)O[C@@H](C)[C@H](C)OC(=O)[C@@H](N)Cc1ccc(OC(=O)CCCC)c(OC(=O)CCCC)c1. The van der Waals surface area contributed by atoms with E-state index in [9.17, 15) is 19.2 Å². The molecule has 0 saturated heterocycles. The Morgan fingerprint density at radius 3 is 1.92 bits per heavy atom. The Morgan fingerprint density at radius 2 is 1.34 bits per heavy atom. The summed E-state index contributed by atoms with van der Waals surface area (Å²) in [4.78, 5) is 48.7. The van der Waals surface area contributed by atoms with Crippen molar-refractivity contribution in [3.63, 3.8) is 0 Å². The van der Waals surface area contributed by atoms with Gasteiger partial charge in [0, 0.05) is 12.8 Å². The number of nitrogens with two attached hydrogens (primary N) is 1. The highest BCUT2D eigenvalue weighted by Gasteiger charge is 2.25. The maximum Gasteiger partial charge on any atom is 0.508 e. The third-order valence-corrected chi connectivity index (χ3v) is 5.65. The Morgan fingerprint density at radius 1 is 0.789 bits per heavy atom. The molecule has 0 radical (unpaired) electrons. The first-order valence-corrected chi connectivity index (χ1v) is 13.4. The molecule has 3 atom stereocenters. The van der Waals surface area contributed by atoms with E-state index in [1.54, 1.807) is 19.9 Å². The van der Waals surface area contributed by atoms with Gasteiger partial charge in [-0.25, -0.2) is 4.79 Å². The molecule has 1 rings (SSSR count). The summed E-state index contributed by atoms with van der Waals surface area (Å²) >= 11 is 0. The minimum atomic E-state index is -1.04. The first kappa shape index (κ1) is 32.9. The van der Waals surface area contributed by atoms with Crippen molar-refractivity contribution in [2.45, 2.75) is 111 Å². The lowest BCUT2D eigenvalue weighted by Gasteiger charge is -2.22. The van der Waals surface area contributed by atoms with Gasteiger partial charge in [-0.2, -0.15) is 0 Å². The molecule has 0 unspecified atom stereocenters. The van der Waals surface area contributed by atoms with Gasteiger partial charge in [0.15, 0.2) is 11.5 Å². The van der Waals surface area contributed by atoms with Crippen molar-refractivity contribution in [3.05, 3.63) is 23.8 Å². The number of hydrogen-bond donors (Lipinski definition) is 1. The Labute approximate surface area is 225 Å². The molecule has 10 heteroatoms. The van der Waals surface area contributed by atoms with Gasteiger partial charge in [0.1, 0.15) is 18.2 Å². The maximum atomic E-state index is 12.6. The standard InChI is InChI=1S/C28H43NO9/c1-6-9-12-25(30)37-23-15-14-21(18-24(23)38-26(31)13-10-7-2)17-22(29)27(32)35-19(4)20(5)36-28(33)34-16-11-8-3/h14-15,18-20,22H,6-13,16-17,29H2,1-5H3/t19-,20-,22-/m0/s1. The van der Waals surface area contributed by atoms with E-state index in [2.05, 4.69) is 0 Å². The Kier molecular flexibility index (Phi) is 15.7. The molecule has 0 fully saturated rings. The van der Waals surface area contributed by atoms with Crippen LogP contribution in [-0.4, -0.2) is 48.9 Å². The molecule has 0 aliphatic heterocycles. The lowest BCUT2D eigenvalue weighted by molar-refractivity contribution is -0.155. The second kappa shape index (κ2) is 18.2. The fourth-order valence-corrected chi connectivity index (χ4v) is 3.12. The lowest BCUT2D eigenvalue weighted by Crippen LogP contribution is -2.39. The molecule has 1 aromatic carbocycles. The lowest BCUT2D eigenvalue weighted by atomic mass is 10.1. The zero-order valence-corrected chi connectivity index (χ0v) is 23.3. The maximum absolute atomic E-state index is 12.6. The third kappa shape index (κ3) is 12.9. The normalized spacial score (nSPS) is 13.1. The highest BCUT2D eigenvalue weighted by atomic mass is 16.7. The van der Waals surface area contributed by atoms with Crippen LogP contribution in [0.15, 0.2) is 18.2 Å². The highest BCUT2D eigenvalue weighted by Crippen LogP contribution is 2.30. The van der Waals surface area contributed by atoms with E-state index in [4.69, 9.17) is 29.4 Å². The first-order chi connectivity index (χ1) is 18.1. The molecule has 0 saturated carbocycles. The molecule has 0 aliphatic carbocycles. The monoisotopic (exact) mass is 537 g/mol. The first-order valence-electron chi connectivity index (χ1n) is 13.4. The predicted molar refractivity (Wildman–Crippen MR) is 141 cm³/mol. The van der Waals surface area contributed by atoms with E-state index < -0.39 is 42.3 Å². The van der Waals surface area contributed by atoms with Crippen molar-refractivity contribution < 1.29 is 42.9 Å². The smallest absolute Gasteiger partial charge is 0.458 e. The van der Waals surface area contributed by atoms with Crippen LogP contribution in [0.25, 0.3) is 0 Å². The zero-order valence-electron chi connectivity index (χ0n) is 23.3. The Balaban J connectivity index is 2.83. The number of esters is 3. The number of hydrogen-bond acceptors (Lipinski definition) is 10. The molecule has 0 heterocycles. The van der Waals surface area contributed by atoms with E-state index in [0.717, 1.165) is 25.7 Å². The van der Waals surface area contributed by atoms with Gasteiger partial charge >= 0.3 is 24.1 Å². The van der Waals surface area contributed by atoms with Crippen molar-refractivity contribution >= 4 is 24.1 Å². The average Bonchev–Trinajstić information content (AvgIpc) is 2.87. The number of ether oxygens (including phenoxy) is 5. The summed E-state index contributed by atoms with van der Waals surface area (Å²) in [5.41, 5.74) is 6.65. The number of benzene rings is 1. The molecule has 0 spiro atoms. The molecule has 10 nitrogen and oxygen atoms in total. The summed E-state index contributed by atoms with van der Waals surface area (Å²) in [5.74, 6) is -1.35. The summed E-state index contributed by atoms with van der Waals surface area (Å²) < 4.78 is 26.3. The van der Waals surface area contributed by atoms with E-state index in [0.29, 0.717) is 18.4 Å². The van der Waals surface area contributed by atoms with Gasteiger partial charge in [-0.3, -0.25) is 14.4 Å². The number of carbonyl (C=O) groups excluding carboxylic acids is 4. The van der Waals surface area contributed by atoms with Crippen LogP contribution >= 0.6 is 0 Å². The van der Waals surface area contributed by atoms with Crippen molar-refractivity contribution in [1.29, 1.82) is 0 Å². The molecule has 1 aromatic rings. The van der Waals surface area contributed by atoms with Crippen LogP contribution in [0.5, 0.6) is 11.5 Å². The minimum absolute atomic E-state index is 0.0728. The molecular weight excluding hydrogens is 494 g/mol. The Hall–Kier alpha value is -3.14. The van der Waals surface area contributed by atoms with Crippen LogP contribution in [0, 0.1) is 0 Å². The highest BCUT2D eigenvalue weighted by molar-refractivity contribution is 5.77. The molecule has 0 bridgehead atoms. The van der Waals surface area contributed by atoms with Gasteiger partial charge in [-0.1, -0.05) is 46.1 Å². The molecule has 0 aromatic heterocycles. The topological polar surface area (TPSA) is 140 Å². The zero-order chi connectivity index (χ0) is 28.5. The number of rotatable bonds is 17. The second-order valence-electron chi connectivity index (χ2n) is 9.16. The van der Waals surface area contributed by atoms with Gasteiger partial charge in [0.05, 0.1) is 6.61 Å². The molecular formula is C28H43NO9. The molecule has 0 amide bonds. The van der Waals surface area contributed by atoms with Crippen LogP contribution in [0.2, 0.25) is 0 Å². The third-order valence-electron chi connectivity index (χ3n) is 5.65. The van der Waals surface area contributed by atoms with Crippen molar-refractivity contribution in [1.82, 2.24) is 0 Å². The Bertz CT molecular complexity index is 902. The molecule has 2 N–H and O–H groups in total. The van der Waals surface area contributed by atoms with Gasteiger partial charge < -0.3 is 29.4 Å². The minimum Gasteiger partial charge on any atom is -0.458 e. The van der Waals surface area contributed by atoms with Crippen molar-refractivity contribution in [2.75, 3.05) is 6.61 Å². The summed E-state index contributed by atoms with van der Waals surface area (Å²) in [5, 5.41) is 0. The van der Waals surface area contributed by atoms with Crippen LogP contribution in [-0.2, 0) is 35.0 Å². The fourth-order valence-electron chi connectivity index (χ4n) is 3.12. The van der Waals surface area contributed by atoms with Gasteiger partial charge in [0.2, 0.25) is 0 Å². The van der Waals surface area contributed by atoms with Crippen LogP contribution < -0.4 is 15.2 Å². The molecule has 214 valence electrons. The molecule has 38 heavy (non-hydrogen) atoms. The van der Waals surface area contributed by atoms with Gasteiger partial charge in [-0.05, 0) is 57.2 Å². The van der Waals surface area contributed by atoms with Crippen LogP contribution in [0.4, 0.5) is 4.79 Å². The average molecular weight is 538 g/mol. The van der Waals surface area contributed by atoms with Crippen molar-refractivity contribution in [3.8, 4) is 11.5 Å². The van der Waals surface area contributed by atoms with Gasteiger partial charge in [-0.15, -0.1) is 0 Å². The fraction of sp³-hybridized carbons (Fsp3) is 0.643. The second-order valence-corrected chi connectivity index (χ2v) is 9.16.